The highest BCUT2D eigenvalue weighted by Gasteiger charge is 2.25. The van der Waals surface area contributed by atoms with Gasteiger partial charge in [-0.05, 0) is 61.4 Å². The first-order valence-corrected chi connectivity index (χ1v) is 12.8. The van der Waals surface area contributed by atoms with E-state index in [1.54, 1.807) is 51.4 Å². The van der Waals surface area contributed by atoms with Gasteiger partial charge in [-0.3, -0.25) is 14.4 Å². The molecule has 9 heteroatoms. The smallest absolute Gasteiger partial charge is 0.268 e. The van der Waals surface area contributed by atoms with E-state index in [1.807, 2.05) is 12.1 Å². The molecule has 2 N–H and O–H groups in total. The Morgan fingerprint density at radius 1 is 1.17 bits per heavy atom. The Bertz CT molecular complexity index is 1330. The maximum Gasteiger partial charge on any atom is 0.268 e. The van der Waals surface area contributed by atoms with E-state index in [9.17, 15) is 19.5 Å². The van der Waals surface area contributed by atoms with Gasteiger partial charge in [-0.2, -0.15) is 0 Å². The normalized spacial score (nSPS) is 13.0. The van der Waals surface area contributed by atoms with E-state index in [2.05, 4.69) is 5.32 Å². The summed E-state index contributed by atoms with van der Waals surface area (Å²) < 4.78 is 5.89. The van der Waals surface area contributed by atoms with E-state index >= 15 is 0 Å². The molecule has 0 fully saturated rings. The number of carbonyl (C=O) groups is 3. The Morgan fingerprint density at radius 3 is 2.64 bits per heavy atom. The first-order chi connectivity index (χ1) is 17.2. The molecule has 1 atom stereocenters. The molecule has 1 aromatic heterocycles. The van der Waals surface area contributed by atoms with Gasteiger partial charge >= 0.3 is 0 Å². The molecule has 0 spiro atoms. The van der Waals surface area contributed by atoms with Gasteiger partial charge in [-0.25, -0.2) is 0 Å². The monoisotopic (exact) mass is 526 g/mol. The van der Waals surface area contributed by atoms with Crippen LogP contribution in [-0.2, 0) is 6.42 Å². The van der Waals surface area contributed by atoms with Crippen LogP contribution in [0.4, 0.5) is 5.69 Å². The molecule has 1 aliphatic heterocycles. The number of fused-ring (bicyclic) bond motifs is 3. The molecule has 0 unspecified atom stereocenters. The van der Waals surface area contributed by atoms with Gasteiger partial charge in [0.1, 0.15) is 5.75 Å². The lowest BCUT2D eigenvalue weighted by molar-refractivity contribution is 0.0946. The first-order valence-electron chi connectivity index (χ1n) is 11.6. The van der Waals surface area contributed by atoms with Gasteiger partial charge < -0.3 is 20.1 Å². The van der Waals surface area contributed by atoms with Crippen molar-refractivity contribution in [2.24, 2.45) is 0 Å². The quantitative estimate of drug-likeness (QED) is 0.423. The van der Waals surface area contributed by atoms with Crippen molar-refractivity contribution in [3.05, 3.63) is 69.1 Å². The number of nitrogens with one attached hydrogen (secondary N) is 1. The van der Waals surface area contributed by atoms with Crippen LogP contribution in [-0.4, -0.2) is 49.5 Å². The minimum atomic E-state index is -0.565. The molecule has 0 saturated carbocycles. The molecule has 4 rings (SSSR count). The van der Waals surface area contributed by atoms with E-state index in [-0.39, 0.29) is 24.0 Å². The van der Waals surface area contributed by atoms with Crippen molar-refractivity contribution in [2.45, 2.75) is 32.3 Å². The van der Waals surface area contributed by atoms with E-state index in [0.29, 0.717) is 51.9 Å². The Hall–Kier alpha value is -3.20. The molecule has 188 valence electrons. The zero-order valence-electron chi connectivity index (χ0n) is 20.3. The predicted octanol–water partition coefficient (Wildman–Crippen LogP) is 4.98. The Balaban J connectivity index is 1.63. The number of ether oxygens (including phenoxy) is 1. The lowest BCUT2D eigenvalue weighted by Crippen LogP contribution is -2.26. The summed E-state index contributed by atoms with van der Waals surface area (Å²) in [6.07, 6.45) is 0.630. The average Bonchev–Trinajstić information content (AvgIpc) is 3.22. The van der Waals surface area contributed by atoms with Crippen LogP contribution in [0, 0.1) is 0 Å². The molecule has 7 nitrogen and oxygen atoms in total. The summed E-state index contributed by atoms with van der Waals surface area (Å²) in [6.45, 7) is 2.07. The van der Waals surface area contributed by atoms with Crippen molar-refractivity contribution in [1.29, 1.82) is 0 Å². The van der Waals surface area contributed by atoms with Crippen molar-refractivity contribution in [2.75, 3.05) is 25.6 Å². The molecular weight excluding hydrogens is 500 g/mol. The highest BCUT2D eigenvalue weighted by Crippen LogP contribution is 2.42. The summed E-state index contributed by atoms with van der Waals surface area (Å²) in [4.78, 5) is 41.0. The van der Waals surface area contributed by atoms with Gasteiger partial charge in [-0.1, -0.05) is 11.6 Å². The standard InChI is InChI=1S/C27H27ClN2O5S/c1-15(31)4-9-22(32)16-6-8-20(28)21(12-16)30(3)27(34)24-14-17-10-11-35-23-13-18(26(33)29-2)5-7-19(23)25(17)36-24/h5-8,12-15,31H,4,9-11H2,1-3H3,(H,29,33)/t15-/m0/s1. The number of aliphatic hydroxyl groups is 1. The number of benzene rings is 2. The minimum Gasteiger partial charge on any atom is -0.493 e. The number of thiophene rings is 1. The number of anilines is 1. The highest BCUT2D eigenvalue weighted by atomic mass is 35.5. The molecule has 0 radical (unpaired) electrons. The van der Waals surface area contributed by atoms with Crippen molar-refractivity contribution in [3.8, 4) is 16.2 Å². The number of Topliss-reactive ketones (excluding diaryl/α,β-unsaturated/α-hetero) is 1. The zero-order valence-corrected chi connectivity index (χ0v) is 21.8. The molecule has 2 heterocycles. The Labute approximate surface area is 218 Å². The fourth-order valence-corrected chi connectivity index (χ4v) is 5.50. The third-order valence-electron chi connectivity index (χ3n) is 6.09. The number of halogens is 1. The summed E-state index contributed by atoms with van der Waals surface area (Å²) in [5.74, 6) is 0.0479. The fourth-order valence-electron chi connectivity index (χ4n) is 4.04. The second-order valence-electron chi connectivity index (χ2n) is 8.69. The van der Waals surface area contributed by atoms with Crippen LogP contribution in [0.5, 0.6) is 5.75 Å². The number of carbonyl (C=O) groups excluding carboxylic acids is 3. The van der Waals surface area contributed by atoms with E-state index in [1.165, 1.54) is 16.2 Å². The number of nitrogens with zero attached hydrogens (tertiary/aromatic N) is 1. The first kappa shape index (κ1) is 25.9. The topological polar surface area (TPSA) is 95.9 Å². The largest absolute Gasteiger partial charge is 0.493 e. The third-order valence-corrected chi connectivity index (χ3v) is 7.61. The molecular formula is C27H27ClN2O5S. The molecule has 36 heavy (non-hydrogen) atoms. The van der Waals surface area contributed by atoms with E-state index in [4.69, 9.17) is 16.3 Å². The number of ketones is 1. The van der Waals surface area contributed by atoms with Crippen LogP contribution in [0.1, 0.15) is 55.7 Å². The predicted molar refractivity (Wildman–Crippen MR) is 142 cm³/mol. The highest BCUT2D eigenvalue weighted by molar-refractivity contribution is 7.17. The third kappa shape index (κ3) is 5.31. The Kier molecular flexibility index (Phi) is 7.78. The summed E-state index contributed by atoms with van der Waals surface area (Å²) >= 11 is 7.77. The van der Waals surface area contributed by atoms with Crippen LogP contribution in [0.2, 0.25) is 5.02 Å². The lowest BCUT2D eigenvalue weighted by Gasteiger charge is -2.19. The molecule has 0 aliphatic carbocycles. The van der Waals surface area contributed by atoms with Crippen molar-refractivity contribution in [1.82, 2.24) is 5.32 Å². The molecule has 0 saturated heterocycles. The van der Waals surface area contributed by atoms with Crippen LogP contribution < -0.4 is 15.0 Å². The summed E-state index contributed by atoms with van der Waals surface area (Å²) in [7, 11) is 3.21. The van der Waals surface area contributed by atoms with Gasteiger partial charge in [0.05, 0.1) is 28.3 Å². The maximum atomic E-state index is 13.5. The van der Waals surface area contributed by atoms with Gasteiger partial charge in [0, 0.05) is 48.5 Å². The number of rotatable bonds is 7. The van der Waals surface area contributed by atoms with Crippen molar-refractivity contribution < 1.29 is 24.2 Å². The molecule has 0 bridgehead atoms. The molecule has 2 aromatic carbocycles. The fraction of sp³-hybridized carbons (Fsp3) is 0.296. The molecule has 2 amide bonds. The van der Waals surface area contributed by atoms with E-state index in [0.717, 1.165) is 16.0 Å². The van der Waals surface area contributed by atoms with Gasteiger partial charge in [-0.15, -0.1) is 11.3 Å². The minimum absolute atomic E-state index is 0.120. The number of hydrogen-bond donors (Lipinski definition) is 2. The zero-order chi connectivity index (χ0) is 26.0. The second kappa shape index (κ2) is 10.8. The Morgan fingerprint density at radius 2 is 1.92 bits per heavy atom. The van der Waals surface area contributed by atoms with Gasteiger partial charge in [0.15, 0.2) is 5.78 Å². The summed E-state index contributed by atoms with van der Waals surface area (Å²) in [5, 5.41) is 12.5. The van der Waals surface area contributed by atoms with Crippen LogP contribution in [0.15, 0.2) is 42.5 Å². The lowest BCUT2D eigenvalue weighted by atomic mass is 10.0. The second-order valence-corrected chi connectivity index (χ2v) is 10.2. The number of amides is 2. The maximum absolute atomic E-state index is 13.5. The van der Waals surface area contributed by atoms with Gasteiger partial charge in [0.25, 0.3) is 11.8 Å². The molecule has 3 aromatic rings. The number of hydrogen-bond acceptors (Lipinski definition) is 6. The average molecular weight is 527 g/mol. The number of aliphatic hydroxyl groups excluding tert-OH is 1. The van der Waals surface area contributed by atoms with Crippen molar-refractivity contribution >= 4 is 46.2 Å². The summed E-state index contributed by atoms with van der Waals surface area (Å²) in [6, 6.07) is 12.0. The van der Waals surface area contributed by atoms with Crippen LogP contribution >= 0.6 is 22.9 Å². The van der Waals surface area contributed by atoms with Gasteiger partial charge in [0.2, 0.25) is 0 Å². The van der Waals surface area contributed by atoms with Crippen molar-refractivity contribution in [3.63, 3.8) is 0 Å². The SMILES string of the molecule is CNC(=O)c1ccc2c(c1)OCCc1cc(C(=O)N(C)c3cc(C(=O)CC[C@H](C)O)ccc3Cl)sc1-2. The van der Waals surface area contributed by atoms with Crippen LogP contribution in [0.3, 0.4) is 0 Å². The molecule has 1 aliphatic rings. The summed E-state index contributed by atoms with van der Waals surface area (Å²) in [5.41, 5.74) is 3.22. The van der Waals surface area contributed by atoms with Crippen LogP contribution in [0.25, 0.3) is 10.4 Å². The van der Waals surface area contributed by atoms with E-state index < -0.39 is 6.10 Å².